The Kier molecular flexibility index (Phi) is 36.7. The lowest BCUT2D eigenvalue weighted by Crippen LogP contribution is -2.50. The van der Waals surface area contributed by atoms with E-state index in [1.807, 2.05) is 21.1 Å². The quantitative estimate of drug-likeness (QED) is 0.0217. The highest BCUT2D eigenvalue weighted by molar-refractivity contribution is 5.72. The van der Waals surface area contributed by atoms with E-state index in [9.17, 15) is 19.5 Å². The van der Waals surface area contributed by atoms with Gasteiger partial charge in [0.05, 0.1) is 34.4 Å². The van der Waals surface area contributed by atoms with Crippen molar-refractivity contribution < 1.29 is 38.2 Å². The van der Waals surface area contributed by atoms with E-state index in [1.165, 1.54) is 109 Å². The third kappa shape index (κ3) is 36.9. The summed E-state index contributed by atoms with van der Waals surface area (Å²) in [5.74, 6) is -1.48. The molecule has 0 aliphatic heterocycles. The number of unbranched alkanes of at least 4 members (excludes halogenated alkanes) is 21. The number of likely N-dealkylation sites (N-methyl/N-ethyl adjacent to an activating group) is 1. The fourth-order valence-electron chi connectivity index (χ4n) is 6.47. The summed E-state index contributed by atoms with van der Waals surface area (Å²) in [6.45, 7) is 4.67. The highest BCUT2D eigenvalue weighted by Gasteiger charge is 2.31. The van der Waals surface area contributed by atoms with E-state index in [0.29, 0.717) is 19.3 Å². The van der Waals surface area contributed by atoms with Gasteiger partial charge >= 0.3 is 17.9 Å². The second-order valence-electron chi connectivity index (χ2n) is 16.3. The molecular formula is C47H86NO7+. The van der Waals surface area contributed by atoms with Gasteiger partial charge in [0, 0.05) is 19.3 Å². The van der Waals surface area contributed by atoms with Crippen LogP contribution in [0.2, 0.25) is 0 Å². The summed E-state index contributed by atoms with van der Waals surface area (Å²) in [7, 11) is 5.52. The van der Waals surface area contributed by atoms with Gasteiger partial charge in [-0.2, -0.15) is 0 Å². The number of hydrogen-bond acceptors (Lipinski definition) is 6. The molecule has 0 rings (SSSR count). The van der Waals surface area contributed by atoms with Crippen LogP contribution in [0.25, 0.3) is 0 Å². The number of carboxylic acids is 1. The van der Waals surface area contributed by atoms with Crippen molar-refractivity contribution in [3.05, 3.63) is 36.5 Å². The molecule has 0 aromatic carbocycles. The van der Waals surface area contributed by atoms with Gasteiger partial charge < -0.3 is 23.8 Å². The van der Waals surface area contributed by atoms with E-state index in [0.717, 1.165) is 51.4 Å². The van der Waals surface area contributed by atoms with Crippen LogP contribution in [0.5, 0.6) is 0 Å². The number of aliphatic carboxylic acids is 1. The van der Waals surface area contributed by atoms with Crippen molar-refractivity contribution in [3.8, 4) is 0 Å². The summed E-state index contributed by atoms with van der Waals surface area (Å²) in [5.41, 5.74) is 0. The largest absolute Gasteiger partial charge is 0.477 e. The minimum absolute atomic E-state index is 0.0556. The monoisotopic (exact) mass is 777 g/mol. The Bertz CT molecular complexity index is 1000. The Hall–Kier alpha value is -2.45. The highest BCUT2D eigenvalue weighted by Crippen LogP contribution is 2.14. The molecule has 55 heavy (non-hydrogen) atoms. The molecule has 2 atom stereocenters. The Morgan fingerprint density at radius 2 is 0.982 bits per heavy atom. The van der Waals surface area contributed by atoms with Crippen LogP contribution in [-0.2, 0) is 28.6 Å². The number of ether oxygens (including phenoxy) is 3. The Balaban J connectivity index is 4.29. The van der Waals surface area contributed by atoms with Gasteiger partial charge in [-0.05, 0) is 57.8 Å². The van der Waals surface area contributed by atoms with Crippen molar-refractivity contribution in [1.82, 2.24) is 0 Å². The Morgan fingerprint density at radius 3 is 1.47 bits per heavy atom. The van der Waals surface area contributed by atoms with Gasteiger partial charge in [0.2, 0.25) is 0 Å². The van der Waals surface area contributed by atoms with Gasteiger partial charge in [-0.25, -0.2) is 4.79 Å². The van der Waals surface area contributed by atoms with E-state index in [-0.39, 0.29) is 36.2 Å². The number of nitrogens with zero attached hydrogens (tertiary/aromatic N) is 1. The number of carbonyl (C=O) groups is 3. The first-order valence-corrected chi connectivity index (χ1v) is 22.5. The fourth-order valence-corrected chi connectivity index (χ4v) is 6.47. The number of carbonyl (C=O) groups excluding carboxylic acids is 2. The highest BCUT2D eigenvalue weighted by atomic mass is 16.6. The molecule has 0 saturated carbocycles. The number of allylic oxidation sites excluding steroid dienone is 6. The van der Waals surface area contributed by atoms with Gasteiger partial charge in [0.15, 0.2) is 12.1 Å². The van der Waals surface area contributed by atoms with Crippen LogP contribution in [0, 0.1) is 0 Å². The molecule has 8 nitrogen and oxygen atoms in total. The maximum Gasteiger partial charge on any atom is 0.362 e. The van der Waals surface area contributed by atoms with Crippen molar-refractivity contribution in [1.29, 1.82) is 0 Å². The Morgan fingerprint density at radius 1 is 0.545 bits per heavy atom. The standard InChI is InChI=1S/C47H85NO7/c1-6-8-10-12-14-16-18-19-20-21-22-23-24-25-26-28-30-32-34-36-38-46(50)55-43(41-53-40-39-44(47(51)52)48(3,4)5)42-54-45(49)37-35-33-31-29-27-17-15-13-11-9-7-2/h13,15-16,18-20,43-44H,6-12,14,17,21-42H2,1-5H3/p+1/b15-13+,18-16+,20-19+. The minimum Gasteiger partial charge on any atom is -0.477 e. The molecular weight excluding hydrogens is 691 g/mol. The lowest BCUT2D eigenvalue weighted by Gasteiger charge is -2.31. The lowest BCUT2D eigenvalue weighted by atomic mass is 10.1. The number of carboxylic acid groups (broad SMARTS) is 1. The van der Waals surface area contributed by atoms with Crippen molar-refractivity contribution in [2.45, 2.75) is 206 Å². The molecule has 0 bridgehead atoms. The smallest absolute Gasteiger partial charge is 0.362 e. The average molecular weight is 777 g/mol. The molecule has 0 radical (unpaired) electrons. The van der Waals surface area contributed by atoms with Gasteiger partial charge in [0.1, 0.15) is 6.61 Å². The zero-order valence-corrected chi connectivity index (χ0v) is 36.4. The Labute approximate surface area is 338 Å². The zero-order valence-electron chi connectivity index (χ0n) is 36.4. The molecule has 0 heterocycles. The second-order valence-corrected chi connectivity index (χ2v) is 16.3. The van der Waals surface area contributed by atoms with E-state index in [1.54, 1.807) is 0 Å². The number of esters is 2. The SMILES string of the molecule is CCCC/C=C/CCCCCCCC(=O)OCC(COCCC(C(=O)O)[N+](C)(C)C)OC(=O)CCCCCCCCCCCC/C=C/C=C/CCCCCC. The first-order valence-electron chi connectivity index (χ1n) is 22.5. The fraction of sp³-hybridized carbons (Fsp3) is 0.809. The molecule has 0 fully saturated rings. The summed E-state index contributed by atoms with van der Waals surface area (Å²) >= 11 is 0. The molecule has 0 aromatic rings. The summed E-state index contributed by atoms with van der Waals surface area (Å²) in [6, 6.07) is -0.615. The van der Waals surface area contributed by atoms with Crippen LogP contribution in [0.4, 0.5) is 0 Å². The van der Waals surface area contributed by atoms with Gasteiger partial charge in [0.25, 0.3) is 0 Å². The van der Waals surface area contributed by atoms with Crippen molar-refractivity contribution >= 4 is 17.9 Å². The molecule has 0 saturated heterocycles. The molecule has 320 valence electrons. The number of quaternary nitrogens is 1. The lowest BCUT2D eigenvalue weighted by molar-refractivity contribution is -0.887. The number of rotatable bonds is 40. The van der Waals surface area contributed by atoms with Gasteiger partial charge in [-0.3, -0.25) is 9.59 Å². The van der Waals surface area contributed by atoms with E-state index < -0.39 is 18.1 Å². The first kappa shape index (κ1) is 52.6. The summed E-state index contributed by atoms with van der Waals surface area (Å²) in [6.07, 6.45) is 43.3. The maximum absolute atomic E-state index is 12.7. The molecule has 0 aromatic heterocycles. The molecule has 2 unspecified atom stereocenters. The molecule has 8 heteroatoms. The average Bonchev–Trinajstić information content (AvgIpc) is 3.14. The van der Waals surface area contributed by atoms with Gasteiger partial charge in [-0.15, -0.1) is 0 Å². The van der Waals surface area contributed by atoms with Crippen LogP contribution in [-0.4, -0.2) is 80.6 Å². The van der Waals surface area contributed by atoms with E-state index >= 15 is 0 Å². The third-order valence-electron chi connectivity index (χ3n) is 10.0. The van der Waals surface area contributed by atoms with Crippen LogP contribution >= 0.6 is 0 Å². The second kappa shape index (κ2) is 38.4. The van der Waals surface area contributed by atoms with Crippen molar-refractivity contribution in [2.24, 2.45) is 0 Å². The predicted octanol–water partition coefficient (Wildman–Crippen LogP) is 12.2. The maximum atomic E-state index is 12.7. The summed E-state index contributed by atoms with van der Waals surface area (Å²) in [4.78, 5) is 36.9. The number of hydrogen-bond donors (Lipinski definition) is 1. The van der Waals surface area contributed by atoms with Crippen LogP contribution in [0.15, 0.2) is 36.5 Å². The molecule has 0 amide bonds. The summed E-state index contributed by atoms with van der Waals surface area (Å²) < 4.78 is 17.3. The topological polar surface area (TPSA) is 99.1 Å². The third-order valence-corrected chi connectivity index (χ3v) is 10.0. The predicted molar refractivity (Wildman–Crippen MR) is 229 cm³/mol. The molecule has 0 aliphatic carbocycles. The van der Waals surface area contributed by atoms with Crippen molar-refractivity contribution in [3.63, 3.8) is 0 Å². The molecule has 1 N–H and O–H groups in total. The molecule has 0 spiro atoms. The normalized spacial score (nSPS) is 13.3. The van der Waals surface area contributed by atoms with E-state index in [4.69, 9.17) is 14.2 Å². The summed E-state index contributed by atoms with van der Waals surface area (Å²) in [5, 5.41) is 9.61. The zero-order chi connectivity index (χ0) is 40.7. The van der Waals surface area contributed by atoms with Crippen LogP contribution < -0.4 is 0 Å². The van der Waals surface area contributed by atoms with E-state index in [2.05, 4.69) is 50.3 Å². The van der Waals surface area contributed by atoms with Crippen LogP contribution in [0.1, 0.15) is 194 Å². The van der Waals surface area contributed by atoms with Crippen molar-refractivity contribution in [2.75, 3.05) is 41.0 Å². The van der Waals surface area contributed by atoms with Crippen LogP contribution in [0.3, 0.4) is 0 Å². The first-order chi connectivity index (χ1) is 26.6. The van der Waals surface area contributed by atoms with Gasteiger partial charge in [-0.1, -0.05) is 153 Å². The minimum atomic E-state index is -0.877. The molecule has 0 aliphatic rings.